The van der Waals surface area contributed by atoms with Crippen LogP contribution in [0.2, 0.25) is 5.02 Å². The highest BCUT2D eigenvalue weighted by atomic mass is 35.5. The number of rotatable bonds is 3. The minimum absolute atomic E-state index is 0.513. The van der Waals surface area contributed by atoms with Gasteiger partial charge in [0.05, 0.1) is 5.60 Å². The molecular formula is C16H23ClO. The molecule has 0 heterocycles. The van der Waals surface area contributed by atoms with Crippen LogP contribution in [0.25, 0.3) is 0 Å². The molecule has 2 heteroatoms. The van der Waals surface area contributed by atoms with Crippen molar-refractivity contribution < 1.29 is 5.11 Å². The van der Waals surface area contributed by atoms with Crippen molar-refractivity contribution in [1.82, 2.24) is 0 Å². The van der Waals surface area contributed by atoms with E-state index in [-0.39, 0.29) is 0 Å². The quantitative estimate of drug-likeness (QED) is 0.856. The molecule has 1 saturated carbocycles. The lowest BCUT2D eigenvalue weighted by atomic mass is 9.71. The van der Waals surface area contributed by atoms with E-state index in [1.165, 1.54) is 12.0 Å². The first kappa shape index (κ1) is 13.9. The zero-order valence-electron chi connectivity index (χ0n) is 11.3. The van der Waals surface area contributed by atoms with Crippen LogP contribution >= 0.6 is 11.6 Å². The van der Waals surface area contributed by atoms with Crippen molar-refractivity contribution in [3.05, 3.63) is 34.9 Å². The Balaban J connectivity index is 2.04. The molecule has 2 atom stereocenters. The molecule has 2 rings (SSSR count). The van der Waals surface area contributed by atoms with Crippen molar-refractivity contribution in [3.63, 3.8) is 0 Å². The molecule has 1 nitrogen and oxygen atoms in total. The molecule has 1 fully saturated rings. The van der Waals surface area contributed by atoms with Crippen molar-refractivity contribution >= 4 is 11.6 Å². The summed E-state index contributed by atoms with van der Waals surface area (Å²) in [4.78, 5) is 0. The first-order valence-corrected chi connectivity index (χ1v) is 7.33. The van der Waals surface area contributed by atoms with Gasteiger partial charge >= 0.3 is 0 Å². The summed E-state index contributed by atoms with van der Waals surface area (Å²) in [7, 11) is 0. The summed E-state index contributed by atoms with van der Waals surface area (Å²) in [6, 6.07) is 7.87. The molecule has 0 aromatic heterocycles. The molecule has 2 unspecified atom stereocenters. The van der Waals surface area contributed by atoms with Crippen molar-refractivity contribution in [2.75, 3.05) is 0 Å². The summed E-state index contributed by atoms with van der Waals surface area (Å²) in [6.07, 6.45) is 5.03. The highest BCUT2D eigenvalue weighted by Gasteiger charge is 2.35. The summed E-state index contributed by atoms with van der Waals surface area (Å²) in [5.41, 5.74) is 0.674. The topological polar surface area (TPSA) is 20.2 Å². The van der Waals surface area contributed by atoms with E-state index in [4.69, 9.17) is 11.6 Å². The fourth-order valence-corrected chi connectivity index (χ4v) is 3.22. The SMILES string of the molecule is CC(C)C1CCCC(O)(Cc2ccc(Cl)cc2)C1. The van der Waals surface area contributed by atoms with E-state index in [2.05, 4.69) is 13.8 Å². The molecule has 0 spiro atoms. The van der Waals surface area contributed by atoms with Crippen LogP contribution in [0.1, 0.15) is 45.1 Å². The molecule has 1 aliphatic rings. The maximum atomic E-state index is 10.8. The summed E-state index contributed by atoms with van der Waals surface area (Å²) >= 11 is 5.89. The van der Waals surface area contributed by atoms with E-state index in [1.54, 1.807) is 0 Å². The lowest BCUT2D eigenvalue weighted by molar-refractivity contribution is -0.0239. The summed E-state index contributed by atoms with van der Waals surface area (Å²) < 4.78 is 0. The molecule has 1 aliphatic carbocycles. The van der Waals surface area contributed by atoms with Crippen LogP contribution in [0, 0.1) is 11.8 Å². The van der Waals surface area contributed by atoms with Crippen LogP contribution < -0.4 is 0 Å². The number of hydrogen-bond acceptors (Lipinski definition) is 1. The molecular weight excluding hydrogens is 244 g/mol. The number of halogens is 1. The van der Waals surface area contributed by atoms with Crippen molar-refractivity contribution in [3.8, 4) is 0 Å². The second-order valence-corrected chi connectivity index (χ2v) is 6.56. The largest absolute Gasteiger partial charge is 0.390 e. The fraction of sp³-hybridized carbons (Fsp3) is 0.625. The average Bonchev–Trinajstić information content (AvgIpc) is 2.32. The predicted molar refractivity (Wildman–Crippen MR) is 76.9 cm³/mol. The fourth-order valence-electron chi connectivity index (χ4n) is 3.10. The standard InChI is InChI=1S/C16H23ClO/c1-12(2)14-4-3-9-16(18,11-14)10-13-5-7-15(17)8-6-13/h5-8,12,14,18H,3-4,9-11H2,1-2H3. The van der Waals surface area contributed by atoms with Gasteiger partial charge in [-0.1, -0.05) is 44.0 Å². The number of hydrogen-bond donors (Lipinski definition) is 1. The molecule has 0 bridgehead atoms. The van der Waals surface area contributed by atoms with Gasteiger partial charge in [0.15, 0.2) is 0 Å². The van der Waals surface area contributed by atoms with Crippen LogP contribution in [-0.2, 0) is 6.42 Å². The Bertz CT molecular complexity index is 385. The molecule has 1 N–H and O–H groups in total. The van der Waals surface area contributed by atoms with E-state index in [0.29, 0.717) is 11.8 Å². The smallest absolute Gasteiger partial charge is 0.0690 e. The minimum atomic E-state index is -0.513. The predicted octanol–water partition coefficient (Wildman–Crippen LogP) is 4.46. The monoisotopic (exact) mass is 266 g/mol. The lowest BCUT2D eigenvalue weighted by Gasteiger charge is -2.38. The van der Waals surface area contributed by atoms with Gasteiger partial charge in [0, 0.05) is 11.4 Å². The third-order valence-electron chi connectivity index (χ3n) is 4.25. The normalized spacial score (nSPS) is 28.6. The van der Waals surface area contributed by atoms with Gasteiger partial charge in [0.25, 0.3) is 0 Å². The van der Waals surface area contributed by atoms with E-state index >= 15 is 0 Å². The van der Waals surface area contributed by atoms with Crippen molar-refractivity contribution in [2.45, 2.75) is 51.6 Å². The van der Waals surface area contributed by atoms with Crippen molar-refractivity contribution in [2.24, 2.45) is 11.8 Å². The van der Waals surface area contributed by atoms with Gasteiger partial charge in [-0.25, -0.2) is 0 Å². The van der Waals surface area contributed by atoms with Gasteiger partial charge in [0.2, 0.25) is 0 Å². The Hall–Kier alpha value is -0.530. The highest BCUT2D eigenvalue weighted by Crippen LogP contribution is 2.38. The molecule has 0 radical (unpaired) electrons. The number of aliphatic hydroxyl groups is 1. The first-order chi connectivity index (χ1) is 8.48. The molecule has 0 saturated heterocycles. The Morgan fingerprint density at radius 2 is 2.00 bits per heavy atom. The van der Waals surface area contributed by atoms with Crippen LogP contribution in [0.15, 0.2) is 24.3 Å². The molecule has 100 valence electrons. The second kappa shape index (κ2) is 5.63. The lowest BCUT2D eigenvalue weighted by Crippen LogP contribution is -2.38. The molecule has 0 aliphatic heterocycles. The van der Waals surface area contributed by atoms with Gasteiger partial charge in [-0.15, -0.1) is 0 Å². The van der Waals surface area contributed by atoms with E-state index in [1.807, 2.05) is 24.3 Å². The van der Waals surface area contributed by atoms with E-state index in [0.717, 1.165) is 30.7 Å². The second-order valence-electron chi connectivity index (χ2n) is 6.13. The van der Waals surface area contributed by atoms with E-state index in [9.17, 15) is 5.11 Å². The summed E-state index contributed by atoms with van der Waals surface area (Å²) in [6.45, 7) is 4.53. The van der Waals surface area contributed by atoms with Crippen LogP contribution in [0.3, 0.4) is 0 Å². The van der Waals surface area contributed by atoms with Gasteiger partial charge in [0.1, 0.15) is 0 Å². The highest BCUT2D eigenvalue weighted by molar-refractivity contribution is 6.30. The van der Waals surface area contributed by atoms with Crippen LogP contribution in [0.5, 0.6) is 0 Å². The molecule has 1 aromatic carbocycles. The third kappa shape index (κ3) is 3.49. The van der Waals surface area contributed by atoms with Gasteiger partial charge < -0.3 is 5.11 Å². The Morgan fingerprint density at radius 1 is 1.33 bits per heavy atom. The summed E-state index contributed by atoms with van der Waals surface area (Å²) in [5, 5.41) is 11.5. The summed E-state index contributed by atoms with van der Waals surface area (Å²) in [5.74, 6) is 1.33. The Labute approximate surface area is 115 Å². The first-order valence-electron chi connectivity index (χ1n) is 6.95. The third-order valence-corrected chi connectivity index (χ3v) is 4.50. The maximum absolute atomic E-state index is 10.8. The van der Waals surface area contributed by atoms with E-state index < -0.39 is 5.60 Å². The van der Waals surface area contributed by atoms with Crippen molar-refractivity contribution in [1.29, 1.82) is 0 Å². The molecule has 0 amide bonds. The molecule has 18 heavy (non-hydrogen) atoms. The van der Waals surface area contributed by atoms with Gasteiger partial charge in [-0.3, -0.25) is 0 Å². The van der Waals surface area contributed by atoms with Crippen LogP contribution in [-0.4, -0.2) is 10.7 Å². The van der Waals surface area contributed by atoms with Crippen LogP contribution in [0.4, 0.5) is 0 Å². The zero-order chi connectivity index (χ0) is 13.2. The zero-order valence-corrected chi connectivity index (χ0v) is 12.1. The number of benzene rings is 1. The maximum Gasteiger partial charge on any atom is 0.0690 e. The molecule has 1 aromatic rings. The Morgan fingerprint density at radius 3 is 2.61 bits per heavy atom. The Kier molecular flexibility index (Phi) is 4.34. The minimum Gasteiger partial charge on any atom is -0.390 e. The average molecular weight is 267 g/mol. The van der Waals surface area contributed by atoms with Gasteiger partial charge in [-0.05, 0) is 48.8 Å². The van der Waals surface area contributed by atoms with Gasteiger partial charge in [-0.2, -0.15) is 0 Å².